The largest absolute Gasteiger partial charge is 0.368 e. The molecule has 2 heterocycles. The molecule has 0 aliphatic carbocycles. The highest BCUT2D eigenvalue weighted by Crippen LogP contribution is 2.27. The first kappa shape index (κ1) is 12.4. The minimum absolute atomic E-state index is 0.591. The molecule has 0 spiro atoms. The van der Waals surface area contributed by atoms with Crippen LogP contribution in [0.4, 0.5) is 5.69 Å². The third-order valence-electron chi connectivity index (χ3n) is 4.01. The Labute approximate surface area is 114 Å². The van der Waals surface area contributed by atoms with E-state index in [0.717, 1.165) is 24.3 Å². The second kappa shape index (κ2) is 5.17. The van der Waals surface area contributed by atoms with Crippen LogP contribution in [0.5, 0.6) is 0 Å². The minimum atomic E-state index is 0.591. The van der Waals surface area contributed by atoms with Crippen LogP contribution in [0, 0.1) is 6.92 Å². The van der Waals surface area contributed by atoms with Crippen molar-refractivity contribution >= 4 is 16.6 Å². The van der Waals surface area contributed by atoms with Crippen LogP contribution in [0.2, 0.25) is 0 Å². The monoisotopic (exact) mass is 255 g/mol. The van der Waals surface area contributed by atoms with E-state index in [4.69, 9.17) is 4.98 Å². The Morgan fingerprint density at radius 2 is 2.16 bits per heavy atom. The number of piperidine rings is 1. The summed E-state index contributed by atoms with van der Waals surface area (Å²) in [5.41, 5.74) is 3.50. The van der Waals surface area contributed by atoms with Crippen LogP contribution in [0.1, 0.15) is 18.5 Å². The lowest BCUT2D eigenvalue weighted by Crippen LogP contribution is -2.44. The fraction of sp³-hybridized carbons (Fsp3) is 0.438. The van der Waals surface area contributed by atoms with Crippen molar-refractivity contribution in [2.75, 3.05) is 25.0 Å². The number of hydrogen-bond donors (Lipinski definition) is 1. The molecule has 1 N–H and O–H groups in total. The molecule has 3 nitrogen and oxygen atoms in total. The van der Waals surface area contributed by atoms with Crippen LogP contribution >= 0.6 is 0 Å². The number of aromatic nitrogens is 1. The molecule has 0 bridgehead atoms. The van der Waals surface area contributed by atoms with Gasteiger partial charge in [0.15, 0.2) is 0 Å². The summed E-state index contributed by atoms with van der Waals surface area (Å²) in [6.45, 7) is 4.26. The number of anilines is 1. The summed E-state index contributed by atoms with van der Waals surface area (Å²) in [6, 6.07) is 11.3. The Morgan fingerprint density at radius 3 is 3.00 bits per heavy atom. The summed E-state index contributed by atoms with van der Waals surface area (Å²) in [7, 11) is 2.06. The number of hydrogen-bond acceptors (Lipinski definition) is 3. The van der Waals surface area contributed by atoms with Gasteiger partial charge >= 0.3 is 0 Å². The van der Waals surface area contributed by atoms with Gasteiger partial charge in [-0.25, -0.2) is 0 Å². The molecule has 3 heteroatoms. The van der Waals surface area contributed by atoms with E-state index in [2.05, 4.69) is 54.5 Å². The first-order chi connectivity index (χ1) is 9.28. The molecule has 0 radical (unpaired) electrons. The number of fused-ring (bicyclic) bond motifs is 1. The van der Waals surface area contributed by atoms with Crippen LogP contribution in [0.3, 0.4) is 0 Å². The van der Waals surface area contributed by atoms with Crippen LogP contribution in [-0.4, -0.2) is 31.2 Å². The number of benzene rings is 1. The van der Waals surface area contributed by atoms with E-state index >= 15 is 0 Å². The van der Waals surface area contributed by atoms with E-state index in [-0.39, 0.29) is 0 Å². The standard InChI is InChI=1S/C16H21N3/c1-12-8-9-13-5-3-7-15(16(13)18-12)19-10-4-6-14(11-19)17-2/h3,5,7-9,14,17H,4,6,10-11H2,1-2H3. The number of para-hydroxylation sites is 1. The van der Waals surface area contributed by atoms with Gasteiger partial charge < -0.3 is 10.2 Å². The predicted octanol–water partition coefficient (Wildman–Crippen LogP) is 2.73. The van der Waals surface area contributed by atoms with Crippen molar-refractivity contribution in [3.8, 4) is 0 Å². The first-order valence-corrected chi connectivity index (χ1v) is 7.06. The maximum Gasteiger partial charge on any atom is 0.0938 e. The molecular formula is C16H21N3. The normalized spacial score (nSPS) is 19.9. The zero-order chi connectivity index (χ0) is 13.2. The van der Waals surface area contributed by atoms with Crippen molar-refractivity contribution in [3.63, 3.8) is 0 Å². The second-order valence-electron chi connectivity index (χ2n) is 5.38. The zero-order valence-corrected chi connectivity index (χ0v) is 11.7. The van der Waals surface area contributed by atoms with E-state index in [1.807, 2.05) is 0 Å². The van der Waals surface area contributed by atoms with Gasteiger partial charge in [-0.15, -0.1) is 0 Å². The molecule has 0 amide bonds. The van der Waals surface area contributed by atoms with Crippen molar-refractivity contribution in [2.24, 2.45) is 0 Å². The molecule has 1 atom stereocenters. The van der Waals surface area contributed by atoms with Crippen molar-refractivity contribution in [3.05, 3.63) is 36.0 Å². The van der Waals surface area contributed by atoms with E-state index in [0.29, 0.717) is 6.04 Å². The van der Waals surface area contributed by atoms with Crippen LogP contribution in [0.25, 0.3) is 10.9 Å². The fourth-order valence-electron chi connectivity index (χ4n) is 2.92. The predicted molar refractivity (Wildman–Crippen MR) is 80.8 cm³/mol. The van der Waals surface area contributed by atoms with Gasteiger partial charge in [-0.2, -0.15) is 0 Å². The summed E-state index contributed by atoms with van der Waals surface area (Å²) in [5.74, 6) is 0. The molecule has 0 saturated carbocycles. The average molecular weight is 255 g/mol. The van der Waals surface area contributed by atoms with Crippen molar-refractivity contribution < 1.29 is 0 Å². The summed E-state index contributed by atoms with van der Waals surface area (Å²) >= 11 is 0. The van der Waals surface area contributed by atoms with Gasteiger partial charge in [0.25, 0.3) is 0 Å². The van der Waals surface area contributed by atoms with E-state index in [1.54, 1.807) is 0 Å². The minimum Gasteiger partial charge on any atom is -0.368 e. The Balaban J connectivity index is 2.02. The Kier molecular flexibility index (Phi) is 3.38. The molecule has 19 heavy (non-hydrogen) atoms. The second-order valence-corrected chi connectivity index (χ2v) is 5.38. The Hall–Kier alpha value is -1.61. The van der Waals surface area contributed by atoms with Gasteiger partial charge in [-0.05, 0) is 38.9 Å². The number of pyridine rings is 1. The molecule has 100 valence electrons. The lowest BCUT2D eigenvalue weighted by atomic mass is 10.0. The van der Waals surface area contributed by atoms with Gasteiger partial charge in [-0.1, -0.05) is 18.2 Å². The van der Waals surface area contributed by atoms with Gasteiger partial charge in [-0.3, -0.25) is 4.98 Å². The number of rotatable bonds is 2. The maximum absolute atomic E-state index is 4.74. The van der Waals surface area contributed by atoms with Gasteiger partial charge in [0.1, 0.15) is 0 Å². The molecule has 1 aliphatic heterocycles. The summed E-state index contributed by atoms with van der Waals surface area (Å²) < 4.78 is 0. The van der Waals surface area contributed by atoms with Crippen LogP contribution in [-0.2, 0) is 0 Å². The quantitative estimate of drug-likeness (QED) is 0.894. The zero-order valence-electron chi connectivity index (χ0n) is 11.7. The lowest BCUT2D eigenvalue weighted by molar-refractivity contribution is 0.450. The van der Waals surface area contributed by atoms with Gasteiger partial charge in [0.05, 0.1) is 11.2 Å². The first-order valence-electron chi connectivity index (χ1n) is 7.06. The van der Waals surface area contributed by atoms with Crippen molar-refractivity contribution in [2.45, 2.75) is 25.8 Å². The molecule has 1 aromatic heterocycles. The Bertz CT molecular complexity index is 579. The number of likely N-dealkylation sites (N-methyl/N-ethyl adjacent to an activating group) is 1. The fourth-order valence-corrected chi connectivity index (χ4v) is 2.92. The van der Waals surface area contributed by atoms with Crippen LogP contribution < -0.4 is 10.2 Å². The Morgan fingerprint density at radius 1 is 1.26 bits per heavy atom. The number of aryl methyl sites for hydroxylation is 1. The lowest BCUT2D eigenvalue weighted by Gasteiger charge is -2.34. The third kappa shape index (κ3) is 2.43. The number of nitrogens with one attached hydrogen (secondary N) is 1. The summed E-state index contributed by atoms with van der Waals surface area (Å²) in [5, 5.41) is 4.63. The highest BCUT2D eigenvalue weighted by molar-refractivity contribution is 5.91. The highest BCUT2D eigenvalue weighted by Gasteiger charge is 2.20. The molecule has 2 aromatic rings. The third-order valence-corrected chi connectivity index (χ3v) is 4.01. The summed E-state index contributed by atoms with van der Waals surface area (Å²) in [6.07, 6.45) is 2.51. The number of nitrogens with zero attached hydrogens (tertiary/aromatic N) is 2. The van der Waals surface area contributed by atoms with Crippen molar-refractivity contribution in [1.82, 2.24) is 10.3 Å². The molecule has 1 unspecified atom stereocenters. The van der Waals surface area contributed by atoms with E-state index in [1.165, 1.54) is 23.9 Å². The van der Waals surface area contributed by atoms with Crippen LogP contribution in [0.15, 0.2) is 30.3 Å². The smallest absolute Gasteiger partial charge is 0.0938 e. The van der Waals surface area contributed by atoms with Gasteiger partial charge in [0, 0.05) is 30.2 Å². The molecule has 1 saturated heterocycles. The summed E-state index contributed by atoms with van der Waals surface area (Å²) in [4.78, 5) is 7.21. The molecule has 1 fully saturated rings. The van der Waals surface area contributed by atoms with E-state index in [9.17, 15) is 0 Å². The molecule has 3 rings (SSSR count). The molecule has 1 aromatic carbocycles. The molecule has 1 aliphatic rings. The highest BCUT2D eigenvalue weighted by atomic mass is 15.2. The molecular weight excluding hydrogens is 234 g/mol. The van der Waals surface area contributed by atoms with Gasteiger partial charge in [0.2, 0.25) is 0 Å². The maximum atomic E-state index is 4.74. The topological polar surface area (TPSA) is 28.2 Å². The average Bonchev–Trinajstić information content (AvgIpc) is 2.46. The van der Waals surface area contributed by atoms with Crippen molar-refractivity contribution in [1.29, 1.82) is 0 Å². The van der Waals surface area contributed by atoms with E-state index < -0.39 is 0 Å². The SMILES string of the molecule is CNC1CCCN(c2cccc3ccc(C)nc23)C1.